The van der Waals surface area contributed by atoms with Gasteiger partial charge in [0, 0.05) is 35.4 Å². The van der Waals surface area contributed by atoms with Gasteiger partial charge >= 0.3 is 0 Å². The van der Waals surface area contributed by atoms with Crippen molar-refractivity contribution in [2.75, 3.05) is 18.8 Å². The van der Waals surface area contributed by atoms with Gasteiger partial charge in [-0.3, -0.25) is 4.21 Å². The molecule has 0 heterocycles. The highest BCUT2D eigenvalue weighted by Gasteiger charge is 2.04. The van der Waals surface area contributed by atoms with Gasteiger partial charge in [0.15, 0.2) is 5.96 Å². The summed E-state index contributed by atoms with van der Waals surface area (Å²) in [6.07, 6.45) is 1.01. The number of nitrogens with zero attached hydrogens (tertiary/aromatic N) is 1. The van der Waals surface area contributed by atoms with E-state index in [1.54, 1.807) is 0 Å². The second-order valence-electron chi connectivity index (χ2n) is 6.02. The highest BCUT2D eigenvalue weighted by molar-refractivity contribution is 14.0. The monoisotopic (exact) mass is 499 g/mol. The van der Waals surface area contributed by atoms with Crippen LogP contribution in [0.1, 0.15) is 30.5 Å². The summed E-state index contributed by atoms with van der Waals surface area (Å²) in [6, 6.07) is 18.4. The molecule has 0 aliphatic heterocycles. The summed E-state index contributed by atoms with van der Waals surface area (Å²) >= 11 is 0. The largest absolute Gasteiger partial charge is 0.357 e. The maximum atomic E-state index is 12.2. The Balaban J connectivity index is 0.00000364. The average Bonchev–Trinajstić information content (AvgIpc) is 2.67. The molecule has 0 spiro atoms. The molecule has 0 radical (unpaired) electrons. The van der Waals surface area contributed by atoms with Crippen molar-refractivity contribution in [2.45, 2.75) is 32.6 Å². The number of nitrogens with one attached hydrogen (secondary N) is 2. The lowest BCUT2D eigenvalue weighted by Gasteiger charge is -2.12. The Morgan fingerprint density at radius 3 is 2.30 bits per heavy atom. The van der Waals surface area contributed by atoms with Crippen LogP contribution in [-0.4, -0.2) is 29.0 Å². The zero-order valence-corrected chi connectivity index (χ0v) is 19.3. The molecular weight excluding hydrogens is 469 g/mol. The van der Waals surface area contributed by atoms with E-state index in [0.717, 1.165) is 24.5 Å². The fourth-order valence-corrected chi connectivity index (χ4v) is 3.72. The average molecular weight is 499 g/mol. The molecular formula is C21H30IN3OS. The first-order chi connectivity index (χ1) is 12.7. The fourth-order valence-electron chi connectivity index (χ4n) is 2.68. The molecule has 0 saturated carbocycles. The first-order valence-electron chi connectivity index (χ1n) is 9.20. The minimum absolute atomic E-state index is 0. The molecule has 27 heavy (non-hydrogen) atoms. The molecule has 0 aliphatic carbocycles. The van der Waals surface area contributed by atoms with Crippen LogP contribution in [0.15, 0.2) is 59.6 Å². The summed E-state index contributed by atoms with van der Waals surface area (Å²) in [5.41, 5.74) is 3.69. The molecule has 4 nitrogen and oxygen atoms in total. The van der Waals surface area contributed by atoms with Crippen molar-refractivity contribution in [1.29, 1.82) is 0 Å². The maximum absolute atomic E-state index is 12.2. The molecule has 1 unspecified atom stereocenters. The van der Waals surface area contributed by atoms with E-state index >= 15 is 0 Å². The second-order valence-corrected chi connectivity index (χ2v) is 7.59. The topological polar surface area (TPSA) is 53.5 Å². The molecule has 0 aliphatic rings. The quantitative estimate of drug-likeness (QED) is 0.313. The SMILES string of the molecule is CCNC(=NCc1ccccc1CC)NCCS(=O)Cc1ccccc1.I. The number of halogens is 1. The van der Waals surface area contributed by atoms with Gasteiger partial charge in [0.05, 0.1) is 6.54 Å². The summed E-state index contributed by atoms with van der Waals surface area (Å²) in [4.78, 5) is 4.67. The van der Waals surface area contributed by atoms with Gasteiger partial charge in [-0.2, -0.15) is 0 Å². The summed E-state index contributed by atoms with van der Waals surface area (Å²) in [6.45, 7) is 6.29. The molecule has 6 heteroatoms. The number of benzene rings is 2. The lowest BCUT2D eigenvalue weighted by Crippen LogP contribution is -2.39. The third-order valence-corrected chi connectivity index (χ3v) is 5.36. The predicted octanol–water partition coefficient (Wildman–Crippen LogP) is 3.87. The van der Waals surface area contributed by atoms with Crippen molar-refractivity contribution in [2.24, 2.45) is 4.99 Å². The minimum atomic E-state index is -0.882. The Bertz CT molecular complexity index is 722. The molecule has 2 aromatic rings. The highest BCUT2D eigenvalue weighted by Crippen LogP contribution is 2.10. The number of guanidine groups is 1. The van der Waals surface area contributed by atoms with Crippen LogP contribution in [-0.2, 0) is 29.5 Å². The zero-order chi connectivity index (χ0) is 18.6. The van der Waals surface area contributed by atoms with Crippen molar-refractivity contribution >= 4 is 40.7 Å². The number of hydrogen-bond donors (Lipinski definition) is 2. The normalized spacial score (nSPS) is 12.1. The van der Waals surface area contributed by atoms with Crippen molar-refractivity contribution in [1.82, 2.24) is 10.6 Å². The molecule has 0 saturated heterocycles. The third kappa shape index (κ3) is 8.88. The van der Waals surface area contributed by atoms with Gasteiger partial charge in [0.1, 0.15) is 0 Å². The van der Waals surface area contributed by atoms with E-state index in [9.17, 15) is 4.21 Å². The Morgan fingerprint density at radius 1 is 0.963 bits per heavy atom. The Morgan fingerprint density at radius 2 is 1.63 bits per heavy atom. The Hall–Kier alpha value is -1.41. The highest BCUT2D eigenvalue weighted by atomic mass is 127. The molecule has 2 aromatic carbocycles. The molecule has 0 fully saturated rings. The van der Waals surface area contributed by atoms with Crippen LogP contribution in [0.25, 0.3) is 0 Å². The first-order valence-corrected chi connectivity index (χ1v) is 10.7. The van der Waals surface area contributed by atoms with Gasteiger partial charge in [0.2, 0.25) is 0 Å². The maximum Gasteiger partial charge on any atom is 0.191 e. The van der Waals surface area contributed by atoms with E-state index in [4.69, 9.17) is 0 Å². The van der Waals surface area contributed by atoms with Gasteiger partial charge in [-0.15, -0.1) is 24.0 Å². The summed E-state index contributed by atoms with van der Waals surface area (Å²) in [7, 11) is -0.882. The number of hydrogen-bond acceptors (Lipinski definition) is 2. The number of rotatable bonds is 9. The number of aliphatic imine (C=N–C) groups is 1. The van der Waals surface area contributed by atoms with Crippen LogP contribution in [0.4, 0.5) is 0 Å². The summed E-state index contributed by atoms with van der Waals surface area (Å²) < 4.78 is 12.2. The van der Waals surface area contributed by atoms with Crippen LogP contribution in [0.5, 0.6) is 0 Å². The molecule has 0 aromatic heterocycles. The fraction of sp³-hybridized carbons (Fsp3) is 0.381. The Labute approximate surface area is 182 Å². The van der Waals surface area contributed by atoms with Gasteiger partial charge in [-0.25, -0.2) is 4.99 Å². The summed E-state index contributed by atoms with van der Waals surface area (Å²) in [5.74, 6) is 1.97. The van der Waals surface area contributed by atoms with Crippen LogP contribution in [0.3, 0.4) is 0 Å². The second kappa shape index (κ2) is 13.7. The van der Waals surface area contributed by atoms with Crippen molar-refractivity contribution in [3.63, 3.8) is 0 Å². The standard InChI is InChI=1S/C21H29N3OS.HI/c1-3-19-12-8-9-13-20(19)16-24-21(22-4-2)23-14-15-26(25)17-18-10-6-5-7-11-18;/h5-13H,3-4,14-17H2,1-2H3,(H2,22,23,24);1H. The van der Waals surface area contributed by atoms with E-state index in [1.165, 1.54) is 11.1 Å². The van der Waals surface area contributed by atoms with E-state index in [1.807, 2.05) is 37.3 Å². The van der Waals surface area contributed by atoms with Gasteiger partial charge in [0.25, 0.3) is 0 Å². The molecule has 0 amide bonds. The molecule has 2 rings (SSSR count). The van der Waals surface area contributed by atoms with Gasteiger partial charge in [-0.05, 0) is 30.0 Å². The molecule has 2 N–H and O–H groups in total. The van der Waals surface area contributed by atoms with Crippen molar-refractivity contribution in [3.8, 4) is 0 Å². The van der Waals surface area contributed by atoms with E-state index in [-0.39, 0.29) is 24.0 Å². The van der Waals surface area contributed by atoms with Crippen molar-refractivity contribution < 1.29 is 4.21 Å². The Kier molecular flexibility index (Phi) is 12.0. The molecule has 148 valence electrons. The third-order valence-electron chi connectivity index (χ3n) is 4.04. The summed E-state index contributed by atoms with van der Waals surface area (Å²) in [5, 5.41) is 6.54. The lowest BCUT2D eigenvalue weighted by atomic mass is 10.1. The molecule has 0 bridgehead atoms. The van der Waals surface area contributed by atoms with E-state index in [0.29, 0.717) is 24.6 Å². The zero-order valence-electron chi connectivity index (χ0n) is 16.1. The number of aryl methyl sites for hydroxylation is 1. The lowest BCUT2D eigenvalue weighted by molar-refractivity contribution is 0.680. The van der Waals surface area contributed by atoms with Gasteiger partial charge in [-0.1, -0.05) is 61.5 Å². The smallest absolute Gasteiger partial charge is 0.191 e. The van der Waals surface area contributed by atoms with E-state index < -0.39 is 10.8 Å². The van der Waals surface area contributed by atoms with Crippen molar-refractivity contribution in [3.05, 3.63) is 71.3 Å². The van der Waals surface area contributed by atoms with Crippen LogP contribution in [0, 0.1) is 0 Å². The van der Waals surface area contributed by atoms with Crippen LogP contribution in [0.2, 0.25) is 0 Å². The van der Waals surface area contributed by atoms with Gasteiger partial charge < -0.3 is 10.6 Å². The predicted molar refractivity (Wildman–Crippen MR) is 127 cm³/mol. The van der Waals surface area contributed by atoms with Crippen LogP contribution >= 0.6 is 24.0 Å². The first kappa shape index (κ1) is 23.6. The molecule has 1 atom stereocenters. The van der Waals surface area contributed by atoms with Crippen LogP contribution < -0.4 is 10.6 Å². The van der Waals surface area contributed by atoms with E-state index in [2.05, 4.69) is 46.8 Å². The minimum Gasteiger partial charge on any atom is -0.357 e.